The second-order valence-electron chi connectivity index (χ2n) is 5.61. The molecule has 140 valence electrons. The zero-order valence-electron chi connectivity index (χ0n) is 14.9. The van der Waals surface area contributed by atoms with Gasteiger partial charge in [-0.05, 0) is 49.4 Å². The number of aryl methyl sites for hydroxylation is 1. The Morgan fingerprint density at radius 1 is 1.38 bits per heavy atom. The van der Waals surface area contributed by atoms with Crippen molar-refractivity contribution < 1.29 is 28.6 Å². The molecule has 1 heterocycles. The first-order valence-electron chi connectivity index (χ1n) is 8.20. The minimum Gasteiger partial charge on any atom is -0.538 e. The summed E-state index contributed by atoms with van der Waals surface area (Å²) < 4.78 is 10.9. The molecule has 8 nitrogen and oxygen atoms in total. The van der Waals surface area contributed by atoms with Crippen molar-refractivity contribution in [1.82, 2.24) is 5.27 Å². The molecule has 0 saturated heterocycles. The van der Waals surface area contributed by atoms with Gasteiger partial charge in [-0.1, -0.05) is 18.0 Å². The van der Waals surface area contributed by atoms with Crippen LogP contribution in [0.4, 0.5) is 5.69 Å². The number of amides is 1. The van der Waals surface area contributed by atoms with Gasteiger partial charge in [-0.2, -0.15) is 0 Å². The lowest BCUT2D eigenvalue weighted by Crippen LogP contribution is -2.33. The van der Waals surface area contributed by atoms with Gasteiger partial charge in [0.15, 0.2) is 13.0 Å². The van der Waals surface area contributed by atoms with Crippen LogP contribution in [0.2, 0.25) is 0 Å². The molecule has 0 aliphatic carbocycles. The Morgan fingerprint density at radius 2 is 2.08 bits per heavy atom. The van der Waals surface area contributed by atoms with Gasteiger partial charge in [-0.15, -0.1) is 0 Å². The van der Waals surface area contributed by atoms with Gasteiger partial charge >= 0.3 is 5.97 Å². The Kier molecular flexibility index (Phi) is 7.02. The number of aromatic nitrogens is 2. The average Bonchev–Trinajstić information content (AvgIpc) is 2.94. The minimum absolute atomic E-state index is 0.248. The molecule has 2 rings (SSSR count). The van der Waals surface area contributed by atoms with E-state index in [4.69, 9.17) is 4.74 Å². The van der Waals surface area contributed by atoms with E-state index in [2.05, 4.69) is 15.1 Å². The second-order valence-corrected chi connectivity index (χ2v) is 6.93. The molecule has 26 heavy (non-hydrogen) atoms. The average molecular weight is 379 g/mol. The monoisotopic (exact) mass is 379 g/mol. The van der Waals surface area contributed by atoms with Crippen LogP contribution in [0.1, 0.15) is 37.0 Å². The van der Waals surface area contributed by atoms with Gasteiger partial charge in [0.1, 0.15) is 0 Å². The van der Waals surface area contributed by atoms with Gasteiger partial charge in [0.25, 0.3) is 5.03 Å². The van der Waals surface area contributed by atoms with E-state index in [0.29, 0.717) is 17.9 Å². The van der Waals surface area contributed by atoms with Gasteiger partial charge in [-0.3, -0.25) is 4.79 Å². The summed E-state index contributed by atoms with van der Waals surface area (Å²) in [7, 11) is 1.57. The van der Waals surface area contributed by atoms with Gasteiger partial charge in [0.05, 0.1) is 22.7 Å². The summed E-state index contributed by atoms with van der Waals surface area (Å²) in [6.07, 6.45) is 1.78. The molecule has 1 atom stereocenters. The molecule has 0 aliphatic heterocycles. The molecule has 0 fully saturated rings. The number of nitrogens with zero attached hydrogens (tertiary/aromatic N) is 2. The van der Waals surface area contributed by atoms with E-state index in [1.165, 1.54) is 4.68 Å². The molecule has 1 aromatic heterocycles. The number of hydrogen-bond donors (Lipinski definition) is 1. The molecule has 1 N–H and O–H groups in total. The second kappa shape index (κ2) is 9.23. The predicted octanol–water partition coefficient (Wildman–Crippen LogP) is 1.65. The van der Waals surface area contributed by atoms with Crippen molar-refractivity contribution in [3.63, 3.8) is 0 Å². The summed E-state index contributed by atoms with van der Waals surface area (Å²) in [6, 6.07) is 6.45. The smallest absolute Gasteiger partial charge is 0.338 e. The maximum absolute atomic E-state index is 12.3. The first-order chi connectivity index (χ1) is 12.4. The number of ether oxygens (including phenoxy) is 1. The lowest BCUT2D eigenvalue weighted by molar-refractivity contribution is -0.772. The highest BCUT2D eigenvalue weighted by Gasteiger charge is 2.23. The van der Waals surface area contributed by atoms with E-state index >= 15 is 0 Å². The summed E-state index contributed by atoms with van der Waals surface area (Å²) in [5, 5.41) is 17.5. The number of unbranched alkanes of at least 4 members (excludes halogenated alkanes) is 1. The first-order valence-corrected chi connectivity index (χ1v) is 9.08. The van der Waals surface area contributed by atoms with Crippen molar-refractivity contribution in [1.29, 1.82) is 0 Å². The Balaban J connectivity index is 1.91. The Bertz CT molecular complexity index is 741. The van der Waals surface area contributed by atoms with Gasteiger partial charge in [0.2, 0.25) is 5.91 Å². The fraction of sp³-hybridized carbons (Fsp3) is 0.412. The molecular weight excluding hydrogens is 358 g/mol. The molecule has 0 spiro atoms. The lowest BCUT2D eigenvalue weighted by atomic mass is 10.2. The molecule has 2 aromatic rings. The predicted molar refractivity (Wildman–Crippen MR) is 92.7 cm³/mol. The Morgan fingerprint density at radius 3 is 2.65 bits per heavy atom. The Labute approximate surface area is 155 Å². The number of carbonyl (C=O) groups is 2. The molecule has 0 saturated carbocycles. The van der Waals surface area contributed by atoms with Crippen LogP contribution in [0.25, 0.3) is 0 Å². The van der Waals surface area contributed by atoms with E-state index < -0.39 is 11.2 Å². The van der Waals surface area contributed by atoms with Gasteiger partial charge < -0.3 is 19.7 Å². The van der Waals surface area contributed by atoms with Crippen LogP contribution in [-0.4, -0.2) is 29.0 Å². The molecule has 1 aromatic carbocycles. The van der Waals surface area contributed by atoms with E-state index in [1.54, 1.807) is 38.2 Å². The number of rotatable bonds is 8. The number of carbonyl (C=O) groups excluding carboxylic acids is 2. The molecular formula is C17H21N3O5S. The highest BCUT2D eigenvalue weighted by Crippen LogP contribution is 2.26. The Hall–Kier alpha value is -2.55. The van der Waals surface area contributed by atoms with Crippen molar-refractivity contribution in [3.05, 3.63) is 29.8 Å². The molecule has 1 unspecified atom stereocenters. The molecule has 0 aliphatic rings. The highest BCUT2D eigenvalue weighted by molar-refractivity contribution is 8.00. The van der Waals surface area contributed by atoms with Crippen LogP contribution in [0, 0.1) is 0 Å². The van der Waals surface area contributed by atoms with Gasteiger partial charge in [-0.25, -0.2) is 4.79 Å². The third-order valence-corrected chi connectivity index (χ3v) is 4.71. The van der Waals surface area contributed by atoms with Crippen molar-refractivity contribution in [2.75, 3.05) is 11.9 Å². The summed E-state index contributed by atoms with van der Waals surface area (Å²) in [6.45, 7) is 4.09. The van der Waals surface area contributed by atoms with Crippen molar-refractivity contribution >= 4 is 29.3 Å². The van der Waals surface area contributed by atoms with Crippen molar-refractivity contribution in [2.45, 2.75) is 37.0 Å². The van der Waals surface area contributed by atoms with Crippen LogP contribution < -0.4 is 15.1 Å². The standard InChI is InChI=1S/C17H21N3O5S/c1-4-5-10-24-16(22)12-6-8-13(9-7-12)18-14(21)11(2)26-15-17(23)25-19-20(15)3/h6-9,11H,4-5,10H2,1-3H3,(H-,18,19,21,22,23). The largest absolute Gasteiger partial charge is 0.538 e. The van der Waals surface area contributed by atoms with Crippen molar-refractivity contribution in [2.24, 2.45) is 7.05 Å². The third-order valence-electron chi connectivity index (χ3n) is 3.49. The summed E-state index contributed by atoms with van der Waals surface area (Å²) in [5.41, 5.74) is 0.971. The molecule has 1 amide bonds. The fourth-order valence-corrected chi connectivity index (χ4v) is 2.80. The maximum Gasteiger partial charge on any atom is 0.338 e. The minimum atomic E-state index is -0.580. The summed E-state index contributed by atoms with van der Waals surface area (Å²) in [4.78, 5) is 24.1. The van der Waals surface area contributed by atoms with Gasteiger partial charge in [0, 0.05) is 5.69 Å². The van der Waals surface area contributed by atoms with E-state index in [-0.39, 0.29) is 16.9 Å². The molecule has 0 radical (unpaired) electrons. The first kappa shape index (κ1) is 19.8. The van der Waals surface area contributed by atoms with E-state index in [9.17, 15) is 14.7 Å². The quantitative estimate of drug-likeness (QED) is 0.321. The van der Waals surface area contributed by atoms with Crippen LogP contribution in [0.15, 0.2) is 33.8 Å². The number of thioether (sulfide) groups is 1. The number of anilines is 1. The fourth-order valence-electron chi connectivity index (χ4n) is 1.98. The molecule has 0 bridgehead atoms. The zero-order chi connectivity index (χ0) is 19.1. The number of nitrogens with one attached hydrogen (secondary N) is 1. The lowest BCUT2D eigenvalue weighted by Gasteiger charge is -2.10. The summed E-state index contributed by atoms with van der Waals surface area (Å²) >= 11 is 1.06. The zero-order valence-corrected chi connectivity index (χ0v) is 15.7. The van der Waals surface area contributed by atoms with E-state index in [1.807, 2.05) is 6.92 Å². The maximum atomic E-state index is 12.3. The van der Waals surface area contributed by atoms with Crippen molar-refractivity contribution in [3.8, 4) is 5.95 Å². The number of hydrogen-bond acceptors (Lipinski definition) is 7. The third kappa shape index (κ3) is 5.22. The van der Waals surface area contributed by atoms with Crippen LogP contribution in [0.5, 0.6) is 5.95 Å². The van der Waals surface area contributed by atoms with Crippen LogP contribution >= 0.6 is 11.8 Å². The van der Waals surface area contributed by atoms with Crippen LogP contribution in [0.3, 0.4) is 0 Å². The highest BCUT2D eigenvalue weighted by atomic mass is 32.2. The van der Waals surface area contributed by atoms with E-state index in [0.717, 1.165) is 24.6 Å². The summed E-state index contributed by atoms with van der Waals surface area (Å²) in [5.74, 6) is -1.25. The molecule has 9 heteroatoms. The topological polar surface area (TPSA) is 108 Å². The normalized spacial score (nSPS) is 11.8. The number of esters is 1. The number of benzene rings is 1. The van der Waals surface area contributed by atoms with Crippen LogP contribution in [-0.2, 0) is 16.6 Å². The SMILES string of the molecule is CCCCOC(=O)c1ccc(NC(=O)C(C)Sc2c([O-])on[n+]2C)cc1.